The van der Waals surface area contributed by atoms with Gasteiger partial charge in [-0.1, -0.05) is 13.8 Å². The fourth-order valence-corrected chi connectivity index (χ4v) is 10.4. The van der Waals surface area contributed by atoms with Crippen molar-refractivity contribution in [3.8, 4) is 0 Å². The van der Waals surface area contributed by atoms with Gasteiger partial charge in [0.2, 0.25) is 0 Å². The maximum absolute atomic E-state index is 12.5. The number of esters is 1. The highest BCUT2D eigenvalue weighted by Crippen LogP contribution is 2.79. The van der Waals surface area contributed by atoms with Crippen LogP contribution < -0.4 is 0 Å². The molecule has 6 rings (SSSR count). The van der Waals surface area contributed by atoms with Crippen LogP contribution in [0.5, 0.6) is 0 Å². The summed E-state index contributed by atoms with van der Waals surface area (Å²) in [6, 6.07) is -0.281. The van der Waals surface area contributed by atoms with E-state index in [1.165, 1.54) is 6.92 Å². The number of likely N-dealkylation sites (tertiary alicyclic amines) is 1. The van der Waals surface area contributed by atoms with E-state index in [0.29, 0.717) is 12.8 Å². The van der Waals surface area contributed by atoms with Gasteiger partial charge in [0.25, 0.3) is 0 Å². The molecule has 5 saturated carbocycles. The summed E-state index contributed by atoms with van der Waals surface area (Å²) >= 11 is 0. The summed E-state index contributed by atoms with van der Waals surface area (Å²) < 4.78 is 11.7. The first kappa shape index (κ1) is 20.8. The molecule has 5 aliphatic carbocycles. The number of hydrogen-bond acceptors (Lipinski definition) is 7. The Labute approximate surface area is 184 Å². The fraction of sp³-hybridized carbons (Fsp3) is 0.958. The predicted octanol–water partition coefficient (Wildman–Crippen LogP) is 0.936. The van der Waals surface area contributed by atoms with Crippen LogP contribution in [0, 0.1) is 34.5 Å². The Morgan fingerprint density at radius 2 is 1.97 bits per heavy atom. The van der Waals surface area contributed by atoms with E-state index in [1.54, 1.807) is 7.11 Å². The van der Waals surface area contributed by atoms with Crippen LogP contribution in [-0.4, -0.2) is 81.9 Å². The van der Waals surface area contributed by atoms with Crippen LogP contribution in [-0.2, 0) is 14.3 Å². The van der Waals surface area contributed by atoms with Gasteiger partial charge >= 0.3 is 5.97 Å². The van der Waals surface area contributed by atoms with Crippen molar-refractivity contribution in [2.75, 3.05) is 20.2 Å². The molecule has 1 saturated heterocycles. The van der Waals surface area contributed by atoms with Crippen molar-refractivity contribution in [3.63, 3.8) is 0 Å². The van der Waals surface area contributed by atoms with Gasteiger partial charge in [0, 0.05) is 50.3 Å². The van der Waals surface area contributed by atoms with Crippen molar-refractivity contribution in [2.24, 2.45) is 34.5 Å². The Hall–Kier alpha value is -0.730. The van der Waals surface area contributed by atoms with Crippen molar-refractivity contribution in [2.45, 2.75) is 88.4 Å². The van der Waals surface area contributed by atoms with Crippen molar-refractivity contribution >= 4 is 5.97 Å². The highest BCUT2D eigenvalue weighted by atomic mass is 16.5. The predicted molar refractivity (Wildman–Crippen MR) is 111 cm³/mol. The van der Waals surface area contributed by atoms with E-state index in [0.717, 1.165) is 32.4 Å². The monoisotopic (exact) mass is 435 g/mol. The smallest absolute Gasteiger partial charge is 0.302 e. The summed E-state index contributed by atoms with van der Waals surface area (Å²) in [6.45, 7) is 7.53. The van der Waals surface area contributed by atoms with Gasteiger partial charge in [0.05, 0.1) is 12.2 Å². The molecule has 31 heavy (non-hydrogen) atoms. The molecule has 1 spiro atoms. The molecule has 0 unspecified atom stereocenters. The number of fused-ring (bicyclic) bond motifs is 2. The van der Waals surface area contributed by atoms with Gasteiger partial charge in [-0.15, -0.1) is 0 Å². The Kier molecular flexibility index (Phi) is 4.06. The highest BCUT2D eigenvalue weighted by molar-refractivity contribution is 5.66. The third kappa shape index (κ3) is 2.04. The van der Waals surface area contributed by atoms with E-state index in [4.69, 9.17) is 9.47 Å². The zero-order chi connectivity index (χ0) is 22.1. The van der Waals surface area contributed by atoms with Crippen LogP contribution >= 0.6 is 0 Å². The summed E-state index contributed by atoms with van der Waals surface area (Å²) in [5.41, 5.74) is -3.25. The molecule has 1 aliphatic heterocycles. The largest absolute Gasteiger partial charge is 0.462 e. The number of methoxy groups -OCH3 is 1. The molecule has 6 fully saturated rings. The van der Waals surface area contributed by atoms with Gasteiger partial charge < -0.3 is 24.8 Å². The Bertz CT molecular complexity index is 822. The number of piperidine rings is 1. The molecule has 7 heteroatoms. The van der Waals surface area contributed by atoms with Gasteiger partial charge in [0.15, 0.2) is 0 Å². The number of carbonyl (C=O) groups excluding carboxylic acids is 1. The second-order valence-corrected chi connectivity index (χ2v) is 11.9. The molecule has 0 aromatic carbocycles. The minimum Gasteiger partial charge on any atom is -0.462 e. The van der Waals surface area contributed by atoms with Gasteiger partial charge in [-0.2, -0.15) is 0 Å². The second-order valence-electron chi connectivity index (χ2n) is 11.9. The number of likely N-dealkylation sites (N-methyl/N-ethyl adjacent to an activating group) is 1. The summed E-state index contributed by atoms with van der Waals surface area (Å²) in [6.07, 6.45) is 2.00. The average molecular weight is 436 g/mol. The number of aliphatic hydroxyl groups is 3. The van der Waals surface area contributed by atoms with E-state index >= 15 is 0 Å². The lowest BCUT2D eigenvalue weighted by atomic mass is 9.43. The standard InChI is InChI=1S/C24H37NO6/c1-5-25-11-21(3)7-6-17(27)24-14-8-13-15(30-4)9-22(28,18(14)19(13)31-12(2)26)23(29,20(24)25)10-16(21)24/h13-20,27-29H,5-11H2,1-4H3/t13-,14-,15+,16-,17+,18-,19+,20-,21+,22-,23+,24-/m1/s1. The zero-order valence-corrected chi connectivity index (χ0v) is 19.1. The molecule has 0 aromatic rings. The Morgan fingerprint density at radius 3 is 2.61 bits per heavy atom. The van der Waals surface area contributed by atoms with Crippen LogP contribution in [0.4, 0.5) is 0 Å². The van der Waals surface area contributed by atoms with Gasteiger partial charge in [-0.3, -0.25) is 9.69 Å². The van der Waals surface area contributed by atoms with E-state index in [1.807, 2.05) is 0 Å². The van der Waals surface area contributed by atoms with E-state index in [9.17, 15) is 20.1 Å². The normalized spacial score (nSPS) is 61.4. The number of rotatable bonds is 3. The van der Waals surface area contributed by atoms with Crippen molar-refractivity contribution < 1.29 is 29.6 Å². The molecule has 1 heterocycles. The maximum Gasteiger partial charge on any atom is 0.302 e. The molecular weight excluding hydrogens is 398 g/mol. The average Bonchev–Trinajstić information content (AvgIpc) is 3.12. The lowest BCUT2D eigenvalue weighted by Crippen LogP contribution is -2.81. The number of hydrogen-bond donors (Lipinski definition) is 3. The molecule has 6 aliphatic rings. The van der Waals surface area contributed by atoms with Crippen molar-refractivity contribution in [1.82, 2.24) is 4.90 Å². The van der Waals surface area contributed by atoms with Crippen LogP contribution in [0.2, 0.25) is 0 Å². The highest BCUT2D eigenvalue weighted by Gasteiger charge is 2.88. The quantitative estimate of drug-likeness (QED) is 0.567. The molecule has 7 bridgehead atoms. The topological polar surface area (TPSA) is 99.5 Å². The third-order valence-electron chi connectivity index (χ3n) is 11.1. The zero-order valence-electron chi connectivity index (χ0n) is 19.1. The van der Waals surface area contributed by atoms with Crippen LogP contribution in [0.1, 0.15) is 52.9 Å². The maximum atomic E-state index is 12.5. The first-order valence-electron chi connectivity index (χ1n) is 12.2. The number of carbonyl (C=O) groups is 1. The van der Waals surface area contributed by atoms with Crippen molar-refractivity contribution in [1.29, 1.82) is 0 Å². The Morgan fingerprint density at radius 1 is 1.23 bits per heavy atom. The number of nitrogens with zero attached hydrogens (tertiary/aromatic N) is 1. The SMILES string of the molecule is CCN1C[C@]2(C)CC[C@H](O)[C@@]34[C@@H]5C[C@H]6[C@H](OC(C)=O)[C@@H]5[C@](O)(C[C@@H]6OC)[C@](O)(C[C@H]23)[C@@H]14. The third-order valence-corrected chi connectivity index (χ3v) is 11.1. The molecule has 0 amide bonds. The van der Waals surface area contributed by atoms with E-state index in [2.05, 4.69) is 18.7 Å². The van der Waals surface area contributed by atoms with Gasteiger partial charge in [-0.25, -0.2) is 0 Å². The van der Waals surface area contributed by atoms with Crippen LogP contribution in [0.15, 0.2) is 0 Å². The summed E-state index contributed by atoms with van der Waals surface area (Å²) in [4.78, 5) is 14.4. The Balaban J connectivity index is 1.61. The molecule has 3 N–H and O–H groups in total. The molecule has 0 radical (unpaired) electrons. The van der Waals surface area contributed by atoms with Crippen LogP contribution in [0.3, 0.4) is 0 Å². The minimum atomic E-state index is -1.41. The molecule has 0 aromatic heterocycles. The van der Waals surface area contributed by atoms with Gasteiger partial charge in [0.1, 0.15) is 17.3 Å². The number of ether oxygens (including phenoxy) is 2. The lowest BCUT2D eigenvalue weighted by molar-refractivity contribution is -0.311. The minimum absolute atomic E-state index is 0.000884. The molecule has 7 nitrogen and oxygen atoms in total. The van der Waals surface area contributed by atoms with Crippen LogP contribution in [0.25, 0.3) is 0 Å². The molecule has 12 atom stereocenters. The summed E-state index contributed by atoms with van der Waals surface area (Å²) in [5, 5.41) is 36.7. The van der Waals surface area contributed by atoms with Gasteiger partial charge in [-0.05, 0) is 49.5 Å². The fourth-order valence-electron chi connectivity index (χ4n) is 10.4. The summed E-state index contributed by atoms with van der Waals surface area (Å²) in [5.74, 6) is -0.597. The summed E-state index contributed by atoms with van der Waals surface area (Å²) in [7, 11) is 1.64. The van der Waals surface area contributed by atoms with E-state index in [-0.39, 0.29) is 47.2 Å². The molecular formula is C24H37NO6. The number of aliphatic hydroxyl groups excluding tert-OH is 1. The first-order valence-corrected chi connectivity index (χ1v) is 12.2. The first-order chi connectivity index (χ1) is 14.6. The second kappa shape index (κ2) is 6.03. The van der Waals surface area contributed by atoms with E-state index < -0.39 is 28.8 Å². The van der Waals surface area contributed by atoms with Crippen molar-refractivity contribution in [3.05, 3.63) is 0 Å². The molecule has 174 valence electrons. The lowest BCUT2D eigenvalue weighted by Gasteiger charge is -2.69.